The number of carbonyl (C=O) groups is 2. The maximum absolute atomic E-state index is 12.6. The Hall–Kier alpha value is -1.49. The number of esters is 1. The summed E-state index contributed by atoms with van der Waals surface area (Å²) in [5.74, 6) is -0.517. The highest BCUT2D eigenvalue weighted by molar-refractivity contribution is 7.98. The molecule has 0 fully saturated rings. The van der Waals surface area contributed by atoms with Crippen LogP contribution < -0.4 is 0 Å². The summed E-state index contributed by atoms with van der Waals surface area (Å²) in [6.45, 7) is 4.41. The molecule has 0 aliphatic carbocycles. The smallest absolute Gasteiger partial charge is 0.325 e. The molecule has 0 spiro atoms. The lowest BCUT2D eigenvalue weighted by molar-refractivity contribution is -0.141. The van der Waals surface area contributed by atoms with Gasteiger partial charge >= 0.3 is 5.97 Å². The van der Waals surface area contributed by atoms with Crippen LogP contribution >= 0.6 is 11.8 Å². The van der Waals surface area contributed by atoms with Gasteiger partial charge in [-0.25, -0.2) is 0 Å². The summed E-state index contributed by atoms with van der Waals surface area (Å²) in [7, 11) is 1.33. The van der Waals surface area contributed by atoms with E-state index < -0.39 is 5.97 Å². The van der Waals surface area contributed by atoms with Crippen molar-refractivity contribution in [3.05, 3.63) is 29.3 Å². The van der Waals surface area contributed by atoms with Crippen LogP contribution in [0.3, 0.4) is 0 Å². The third kappa shape index (κ3) is 4.27. The highest BCUT2D eigenvalue weighted by Crippen LogP contribution is 2.20. The molecule has 0 bridgehead atoms. The summed E-state index contributed by atoms with van der Waals surface area (Å²) in [5.41, 5.74) is 1.56. The van der Waals surface area contributed by atoms with Crippen LogP contribution in [0.1, 0.15) is 29.3 Å². The van der Waals surface area contributed by atoms with Crippen LogP contribution in [0, 0.1) is 6.92 Å². The van der Waals surface area contributed by atoms with E-state index in [0.717, 1.165) is 16.9 Å². The minimum absolute atomic E-state index is 0.00783. The van der Waals surface area contributed by atoms with Crippen molar-refractivity contribution in [3.8, 4) is 0 Å². The molecule has 4 nitrogen and oxygen atoms in total. The van der Waals surface area contributed by atoms with Crippen molar-refractivity contribution in [3.63, 3.8) is 0 Å². The largest absolute Gasteiger partial charge is 0.468 e. The number of aryl methyl sites for hydroxylation is 1. The van der Waals surface area contributed by atoms with Crippen molar-refractivity contribution >= 4 is 23.6 Å². The summed E-state index contributed by atoms with van der Waals surface area (Å²) in [5, 5.41) is 0. The Kier molecular flexibility index (Phi) is 6.58. The number of nitrogens with zero attached hydrogens (tertiary/aromatic N) is 1. The molecule has 0 unspecified atom stereocenters. The molecule has 0 heterocycles. The molecule has 0 N–H and O–H groups in total. The fourth-order valence-corrected chi connectivity index (χ4v) is 2.31. The number of hydrogen-bond donors (Lipinski definition) is 0. The Morgan fingerprint density at radius 1 is 1.35 bits per heavy atom. The summed E-state index contributed by atoms with van der Waals surface area (Å²) < 4.78 is 4.65. The monoisotopic (exact) mass is 295 g/mol. The van der Waals surface area contributed by atoms with Crippen molar-refractivity contribution in [1.29, 1.82) is 0 Å². The Morgan fingerprint density at radius 2 is 2.05 bits per heavy atom. The lowest BCUT2D eigenvalue weighted by Crippen LogP contribution is -2.37. The number of amides is 1. The molecule has 20 heavy (non-hydrogen) atoms. The van der Waals surface area contributed by atoms with Crippen molar-refractivity contribution in [1.82, 2.24) is 4.90 Å². The summed E-state index contributed by atoms with van der Waals surface area (Å²) in [6.07, 6.45) is 2.77. The van der Waals surface area contributed by atoms with E-state index >= 15 is 0 Å². The Labute approximate surface area is 124 Å². The van der Waals surface area contributed by atoms with E-state index in [-0.39, 0.29) is 12.5 Å². The minimum atomic E-state index is -0.398. The number of carbonyl (C=O) groups excluding carboxylic acids is 2. The number of benzene rings is 1. The van der Waals surface area contributed by atoms with Gasteiger partial charge in [-0.3, -0.25) is 9.59 Å². The van der Waals surface area contributed by atoms with Crippen molar-refractivity contribution in [2.75, 3.05) is 26.5 Å². The second-order valence-corrected chi connectivity index (χ2v) is 5.36. The number of hydrogen-bond acceptors (Lipinski definition) is 4. The van der Waals surface area contributed by atoms with Gasteiger partial charge in [-0.05, 0) is 37.3 Å². The predicted octanol–water partition coefficient (Wildman–Crippen LogP) is 2.74. The normalized spacial score (nSPS) is 10.2. The number of thioether (sulfide) groups is 1. The summed E-state index contributed by atoms with van der Waals surface area (Å²) in [4.78, 5) is 26.6. The van der Waals surface area contributed by atoms with Crippen LogP contribution in [-0.2, 0) is 9.53 Å². The van der Waals surface area contributed by atoms with Crippen LogP contribution in [0.4, 0.5) is 0 Å². The average Bonchev–Trinajstić information content (AvgIpc) is 2.46. The molecule has 0 aromatic heterocycles. The van der Waals surface area contributed by atoms with E-state index in [1.165, 1.54) is 12.0 Å². The van der Waals surface area contributed by atoms with Crippen molar-refractivity contribution in [2.24, 2.45) is 0 Å². The standard InChI is InChI=1S/C15H21NO3S/c1-5-8-16(10-14(17)19-3)15(18)13-9-12(20-4)7-6-11(13)2/h6-7,9H,5,8,10H2,1-4H3. The van der Waals surface area contributed by atoms with Gasteiger partial charge in [0.25, 0.3) is 5.91 Å². The predicted molar refractivity (Wildman–Crippen MR) is 81.2 cm³/mol. The van der Waals surface area contributed by atoms with Gasteiger partial charge in [-0.15, -0.1) is 11.8 Å². The maximum Gasteiger partial charge on any atom is 0.325 e. The van der Waals surface area contributed by atoms with Crippen LogP contribution in [0.5, 0.6) is 0 Å². The average molecular weight is 295 g/mol. The first-order chi connectivity index (χ1) is 9.53. The summed E-state index contributed by atoms with van der Waals surface area (Å²) in [6, 6.07) is 5.80. The van der Waals surface area contributed by atoms with Gasteiger partial charge in [0.2, 0.25) is 0 Å². The third-order valence-corrected chi connectivity index (χ3v) is 3.73. The van der Waals surface area contributed by atoms with Gasteiger partial charge in [-0.1, -0.05) is 13.0 Å². The molecule has 0 aliphatic rings. The molecule has 0 saturated carbocycles. The van der Waals surface area contributed by atoms with Crippen LogP contribution in [-0.4, -0.2) is 43.2 Å². The van der Waals surface area contributed by atoms with E-state index in [9.17, 15) is 9.59 Å². The first kappa shape index (κ1) is 16.6. The van der Waals surface area contributed by atoms with E-state index in [0.29, 0.717) is 12.1 Å². The van der Waals surface area contributed by atoms with E-state index in [1.807, 2.05) is 38.3 Å². The van der Waals surface area contributed by atoms with E-state index in [2.05, 4.69) is 4.74 Å². The molecule has 1 aromatic carbocycles. The molecule has 0 radical (unpaired) electrons. The number of methoxy groups -OCH3 is 1. The Bertz CT molecular complexity index is 488. The zero-order valence-corrected chi connectivity index (χ0v) is 13.3. The van der Waals surface area contributed by atoms with E-state index in [4.69, 9.17) is 0 Å². The van der Waals surface area contributed by atoms with E-state index in [1.54, 1.807) is 11.8 Å². The maximum atomic E-state index is 12.6. The number of ether oxygens (including phenoxy) is 1. The van der Waals surface area contributed by atoms with Crippen molar-refractivity contribution in [2.45, 2.75) is 25.2 Å². The molecule has 0 saturated heterocycles. The Morgan fingerprint density at radius 3 is 2.60 bits per heavy atom. The van der Waals surface area contributed by atoms with Crippen LogP contribution in [0.15, 0.2) is 23.1 Å². The highest BCUT2D eigenvalue weighted by Gasteiger charge is 2.20. The number of rotatable bonds is 6. The summed E-state index contributed by atoms with van der Waals surface area (Å²) >= 11 is 1.59. The van der Waals surface area contributed by atoms with Crippen LogP contribution in [0.25, 0.3) is 0 Å². The van der Waals surface area contributed by atoms with Gasteiger partial charge in [0, 0.05) is 17.0 Å². The molecule has 0 atom stereocenters. The molecular formula is C15H21NO3S. The van der Waals surface area contributed by atoms with Gasteiger partial charge < -0.3 is 9.64 Å². The van der Waals surface area contributed by atoms with Crippen molar-refractivity contribution < 1.29 is 14.3 Å². The third-order valence-electron chi connectivity index (χ3n) is 3.00. The van der Waals surface area contributed by atoms with Gasteiger partial charge in [0.15, 0.2) is 0 Å². The second-order valence-electron chi connectivity index (χ2n) is 4.48. The molecule has 1 amide bonds. The van der Waals surface area contributed by atoms with Crippen LogP contribution in [0.2, 0.25) is 0 Å². The van der Waals surface area contributed by atoms with Gasteiger partial charge in [0.05, 0.1) is 7.11 Å². The Balaban J connectivity index is 3.01. The lowest BCUT2D eigenvalue weighted by atomic mass is 10.1. The molecule has 110 valence electrons. The molecule has 5 heteroatoms. The molecule has 1 rings (SSSR count). The zero-order valence-electron chi connectivity index (χ0n) is 12.4. The first-order valence-corrected chi connectivity index (χ1v) is 7.76. The van der Waals surface area contributed by atoms with Gasteiger partial charge in [0.1, 0.15) is 6.54 Å². The topological polar surface area (TPSA) is 46.6 Å². The second kappa shape index (κ2) is 7.94. The molecule has 1 aromatic rings. The first-order valence-electron chi connectivity index (χ1n) is 6.54. The molecule has 0 aliphatic heterocycles. The van der Waals surface area contributed by atoms with Gasteiger partial charge in [-0.2, -0.15) is 0 Å². The lowest BCUT2D eigenvalue weighted by Gasteiger charge is -2.22. The highest BCUT2D eigenvalue weighted by atomic mass is 32.2. The molecular weight excluding hydrogens is 274 g/mol. The fraction of sp³-hybridized carbons (Fsp3) is 0.467. The zero-order chi connectivity index (χ0) is 15.1. The fourth-order valence-electron chi connectivity index (χ4n) is 1.87. The minimum Gasteiger partial charge on any atom is -0.468 e. The SMILES string of the molecule is CCCN(CC(=O)OC)C(=O)c1cc(SC)ccc1C. The quantitative estimate of drug-likeness (QED) is 0.598.